The lowest BCUT2D eigenvalue weighted by molar-refractivity contribution is 0.0704. The third-order valence-electron chi connectivity index (χ3n) is 4.06. The zero-order valence-electron chi connectivity index (χ0n) is 11.2. The number of nitrogens with zero attached hydrogens (tertiary/aromatic N) is 1. The lowest BCUT2D eigenvalue weighted by atomic mass is 10.0. The van der Waals surface area contributed by atoms with Crippen LogP contribution in [0.4, 0.5) is 0 Å². The molecule has 1 aliphatic rings. The van der Waals surface area contributed by atoms with Crippen LogP contribution in [-0.2, 0) is 6.42 Å². The number of amides is 1. The first-order chi connectivity index (χ1) is 8.69. The normalized spacial score (nSPS) is 23.3. The van der Waals surface area contributed by atoms with Gasteiger partial charge in [-0.15, -0.1) is 11.3 Å². The van der Waals surface area contributed by atoms with Gasteiger partial charge in [-0.3, -0.25) is 4.79 Å². The van der Waals surface area contributed by atoms with Crippen LogP contribution >= 0.6 is 11.3 Å². The minimum atomic E-state index is 0.173. The Hall–Kier alpha value is -0.870. The van der Waals surface area contributed by atoms with E-state index in [4.69, 9.17) is 5.73 Å². The summed E-state index contributed by atoms with van der Waals surface area (Å²) in [5, 5.41) is 2.01. The largest absolute Gasteiger partial charge is 0.338 e. The van der Waals surface area contributed by atoms with Gasteiger partial charge in [0.25, 0.3) is 5.91 Å². The number of carbonyl (C=O) groups is 1. The van der Waals surface area contributed by atoms with E-state index < -0.39 is 0 Å². The third kappa shape index (κ3) is 2.45. The minimum Gasteiger partial charge on any atom is -0.338 e. The SMILES string of the molecule is CCc1ccsc1C(=O)N(C)C1CCCC1CN. The van der Waals surface area contributed by atoms with Crippen molar-refractivity contribution in [1.82, 2.24) is 4.90 Å². The number of hydrogen-bond acceptors (Lipinski definition) is 3. The second-order valence-electron chi connectivity index (χ2n) is 5.04. The van der Waals surface area contributed by atoms with Crippen LogP contribution in [0.3, 0.4) is 0 Å². The summed E-state index contributed by atoms with van der Waals surface area (Å²) in [6.07, 6.45) is 4.36. The van der Waals surface area contributed by atoms with Crippen molar-refractivity contribution in [3.63, 3.8) is 0 Å². The number of aryl methyl sites for hydroxylation is 1. The van der Waals surface area contributed by atoms with Crippen molar-refractivity contribution in [1.29, 1.82) is 0 Å². The Morgan fingerprint density at radius 3 is 3.00 bits per heavy atom. The Morgan fingerprint density at radius 1 is 1.56 bits per heavy atom. The topological polar surface area (TPSA) is 46.3 Å². The van der Waals surface area contributed by atoms with Crippen LogP contribution in [0.1, 0.15) is 41.4 Å². The fraction of sp³-hybridized carbons (Fsp3) is 0.643. The van der Waals surface area contributed by atoms with Gasteiger partial charge in [0.2, 0.25) is 0 Å². The molecule has 1 aliphatic carbocycles. The van der Waals surface area contributed by atoms with Crippen LogP contribution < -0.4 is 5.73 Å². The van der Waals surface area contributed by atoms with Gasteiger partial charge in [-0.2, -0.15) is 0 Å². The van der Waals surface area contributed by atoms with E-state index in [2.05, 4.69) is 13.0 Å². The zero-order chi connectivity index (χ0) is 13.1. The molecule has 0 saturated heterocycles. The van der Waals surface area contributed by atoms with Gasteiger partial charge in [0.1, 0.15) is 0 Å². The van der Waals surface area contributed by atoms with Crippen molar-refractivity contribution in [3.05, 3.63) is 21.9 Å². The molecule has 2 atom stereocenters. The summed E-state index contributed by atoms with van der Waals surface area (Å²) >= 11 is 1.56. The Kier molecular flexibility index (Phi) is 4.40. The molecular formula is C14H22N2OS. The smallest absolute Gasteiger partial charge is 0.264 e. The second kappa shape index (κ2) is 5.85. The van der Waals surface area contributed by atoms with Gasteiger partial charge in [0, 0.05) is 13.1 Å². The van der Waals surface area contributed by atoms with Crippen molar-refractivity contribution in [2.24, 2.45) is 11.7 Å². The minimum absolute atomic E-state index is 0.173. The van der Waals surface area contributed by atoms with Crippen molar-refractivity contribution < 1.29 is 4.79 Å². The van der Waals surface area contributed by atoms with E-state index in [0.29, 0.717) is 18.5 Å². The number of rotatable bonds is 4. The van der Waals surface area contributed by atoms with Crippen molar-refractivity contribution in [2.75, 3.05) is 13.6 Å². The number of thiophene rings is 1. The average Bonchev–Trinajstić information content (AvgIpc) is 3.04. The first-order valence-electron chi connectivity index (χ1n) is 6.72. The van der Waals surface area contributed by atoms with E-state index >= 15 is 0 Å². The van der Waals surface area contributed by atoms with Crippen molar-refractivity contribution in [2.45, 2.75) is 38.6 Å². The molecule has 1 heterocycles. The van der Waals surface area contributed by atoms with E-state index in [1.165, 1.54) is 12.0 Å². The Bertz CT molecular complexity index is 416. The fourth-order valence-corrected chi connectivity index (χ4v) is 3.89. The monoisotopic (exact) mass is 266 g/mol. The highest BCUT2D eigenvalue weighted by atomic mass is 32.1. The number of hydrogen-bond donors (Lipinski definition) is 1. The standard InChI is InChI=1S/C14H22N2OS/c1-3-10-7-8-18-13(10)14(17)16(2)12-6-4-5-11(12)9-15/h7-8,11-12H,3-6,9,15H2,1-2H3. The molecule has 18 heavy (non-hydrogen) atoms. The predicted molar refractivity (Wildman–Crippen MR) is 76.0 cm³/mol. The lowest BCUT2D eigenvalue weighted by Gasteiger charge is -2.29. The van der Waals surface area contributed by atoms with Gasteiger partial charge in [0.15, 0.2) is 0 Å². The molecule has 4 heteroatoms. The van der Waals surface area contributed by atoms with Crippen LogP contribution in [0, 0.1) is 5.92 Å². The van der Waals surface area contributed by atoms with Crippen LogP contribution in [0.2, 0.25) is 0 Å². The molecule has 100 valence electrons. The van der Waals surface area contributed by atoms with E-state index in [0.717, 1.165) is 24.1 Å². The molecule has 0 radical (unpaired) electrons. The maximum Gasteiger partial charge on any atom is 0.264 e. The molecule has 1 amide bonds. The molecule has 2 N–H and O–H groups in total. The number of carbonyl (C=O) groups excluding carboxylic acids is 1. The van der Waals surface area contributed by atoms with Gasteiger partial charge >= 0.3 is 0 Å². The molecule has 2 rings (SSSR count). The van der Waals surface area contributed by atoms with Gasteiger partial charge in [-0.1, -0.05) is 13.3 Å². The van der Waals surface area contributed by atoms with Crippen molar-refractivity contribution in [3.8, 4) is 0 Å². The van der Waals surface area contributed by atoms with E-state index in [-0.39, 0.29) is 5.91 Å². The van der Waals surface area contributed by atoms with Crippen molar-refractivity contribution >= 4 is 17.2 Å². The molecule has 0 spiro atoms. The third-order valence-corrected chi connectivity index (χ3v) is 5.01. The summed E-state index contributed by atoms with van der Waals surface area (Å²) in [6.45, 7) is 2.78. The molecule has 1 aromatic heterocycles. The highest BCUT2D eigenvalue weighted by Crippen LogP contribution is 2.30. The fourth-order valence-electron chi connectivity index (χ4n) is 2.91. The average molecular weight is 266 g/mol. The molecule has 2 unspecified atom stereocenters. The Balaban J connectivity index is 2.13. The summed E-state index contributed by atoms with van der Waals surface area (Å²) in [6, 6.07) is 2.38. The van der Waals surface area contributed by atoms with Crippen LogP contribution in [0.5, 0.6) is 0 Å². The second-order valence-corrected chi connectivity index (χ2v) is 5.95. The van der Waals surface area contributed by atoms with E-state index in [1.807, 2.05) is 17.3 Å². The Labute approximate surface area is 113 Å². The molecule has 1 aromatic rings. The molecular weight excluding hydrogens is 244 g/mol. The first kappa shape index (κ1) is 13.6. The lowest BCUT2D eigenvalue weighted by Crippen LogP contribution is -2.41. The van der Waals surface area contributed by atoms with Crippen LogP contribution in [0.15, 0.2) is 11.4 Å². The highest BCUT2D eigenvalue weighted by molar-refractivity contribution is 7.12. The van der Waals surface area contributed by atoms with Gasteiger partial charge in [-0.05, 0) is 48.7 Å². The summed E-state index contributed by atoms with van der Waals surface area (Å²) in [5.41, 5.74) is 6.97. The van der Waals surface area contributed by atoms with E-state index in [1.54, 1.807) is 11.3 Å². The molecule has 3 nitrogen and oxygen atoms in total. The maximum absolute atomic E-state index is 12.5. The maximum atomic E-state index is 12.5. The molecule has 1 fully saturated rings. The van der Waals surface area contributed by atoms with Gasteiger partial charge in [-0.25, -0.2) is 0 Å². The van der Waals surface area contributed by atoms with Crippen LogP contribution in [0.25, 0.3) is 0 Å². The summed E-state index contributed by atoms with van der Waals surface area (Å²) in [5.74, 6) is 0.649. The van der Waals surface area contributed by atoms with Gasteiger partial charge < -0.3 is 10.6 Å². The number of nitrogens with two attached hydrogens (primary N) is 1. The van der Waals surface area contributed by atoms with E-state index in [9.17, 15) is 4.79 Å². The summed E-state index contributed by atoms with van der Waals surface area (Å²) < 4.78 is 0. The predicted octanol–water partition coefficient (Wildman–Crippen LogP) is 2.51. The molecule has 0 aromatic carbocycles. The summed E-state index contributed by atoms with van der Waals surface area (Å²) in [4.78, 5) is 15.4. The van der Waals surface area contributed by atoms with Gasteiger partial charge in [0.05, 0.1) is 4.88 Å². The Morgan fingerprint density at radius 2 is 2.33 bits per heavy atom. The summed E-state index contributed by atoms with van der Waals surface area (Å²) in [7, 11) is 1.93. The molecule has 0 bridgehead atoms. The zero-order valence-corrected chi connectivity index (χ0v) is 12.0. The first-order valence-corrected chi connectivity index (χ1v) is 7.60. The molecule has 0 aliphatic heterocycles. The highest BCUT2D eigenvalue weighted by Gasteiger charge is 2.32. The van der Waals surface area contributed by atoms with Crippen LogP contribution in [-0.4, -0.2) is 30.4 Å². The molecule has 1 saturated carbocycles. The quantitative estimate of drug-likeness (QED) is 0.910.